The van der Waals surface area contributed by atoms with Gasteiger partial charge in [0.2, 0.25) is 0 Å². The van der Waals surface area contributed by atoms with Crippen LogP contribution in [0.4, 0.5) is 14.5 Å². The van der Waals surface area contributed by atoms with Gasteiger partial charge in [-0.1, -0.05) is 26.8 Å². The minimum Gasteiger partial charge on any atom is -0.390 e. The number of hydrogen-bond acceptors (Lipinski definition) is 6. The maximum Gasteiger partial charge on any atom is 0.275 e. The van der Waals surface area contributed by atoms with Gasteiger partial charge in [-0.3, -0.25) is 9.78 Å². The molecule has 1 fully saturated rings. The summed E-state index contributed by atoms with van der Waals surface area (Å²) in [7, 11) is 0. The second kappa shape index (κ2) is 9.24. The molecule has 2 aromatic heterocycles. The zero-order valence-electron chi connectivity index (χ0n) is 18.5. The molecule has 1 saturated heterocycles. The van der Waals surface area contributed by atoms with Gasteiger partial charge < -0.3 is 15.2 Å². The van der Waals surface area contributed by atoms with Gasteiger partial charge in [0.05, 0.1) is 35.8 Å². The fourth-order valence-corrected chi connectivity index (χ4v) is 4.84. The molecule has 0 unspecified atom stereocenters. The largest absolute Gasteiger partial charge is 0.390 e. The quantitative estimate of drug-likeness (QED) is 0.533. The highest BCUT2D eigenvalue weighted by molar-refractivity contribution is 7.13. The van der Waals surface area contributed by atoms with Crippen molar-refractivity contribution in [2.24, 2.45) is 5.41 Å². The van der Waals surface area contributed by atoms with Crippen molar-refractivity contribution >= 4 is 22.9 Å². The molecule has 0 aliphatic carbocycles. The Morgan fingerprint density at radius 3 is 2.64 bits per heavy atom. The number of carbonyl (C=O) groups excluding carboxylic acids is 1. The van der Waals surface area contributed by atoms with Crippen LogP contribution in [0.3, 0.4) is 0 Å². The molecule has 3 heterocycles. The van der Waals surface area contributed by atoms with Gasteiger partial charge in [-0.05, 0) is 36.5 Å². The number of pyridine rings is 1. The van der Waals surface area contributed by atoms with E-state index in [0.717, 1.165) is 29.0 Å². The second-order valence-electron chi connectivity index (χ2n) is 9.11. The third kappa shape index (κ3) is 4.95. The normalized spacial score (nSPS) is 21.1. The van der Waals surface area contributed by atoms with E-state index in [-0.39, 0.29) is 33.9 Å². The highest BCUT2D eigenvalue weighted by Gasteiger charge is 2.39. The van der Waals surface area contributed by atoms with Crippen LogP contribution in [0.2, 0.25) is 0 Å². The first kappa shape index (κ1) is 23.4. The number of anilines is 1. The summed E-state index contributed by atoms with van der Waals surface area (Å²) >= 11 is 0.985. The Morgan fingerprint density at radius 2 is 1.94 bits per heavy atom. The summed E-state index contributed by atoms with van der Waals surface area (Å²) in [5.41, 5.74) is 0.734. The van der Waals surface area contributed by atoms with Crippen LogP contribution < -0.4 is 5.32 Å². The van der Waals surface area contributed by atoms with Crippen molar-refractivity contribution in [2.75, 3.05) is 5.32 Å². The lowest BCUT2D eigenvalue weighted by Crippen LogP contribution is -2.44. The molecule has 0 saturated carbocycles. The number of aliphatic hydroxyl groups is 1. The van der Waals surface area contributed by atoms with Crippen molar-refractivity contribution in [3.05, 3.63) is 64.9 Å². The van der Waals surface area contributed by atoms with Crippen LogP contribution in [0.5, 0.6) is 0 Å². The predicted octanol–water partition coefficient (Wildman–Crippen LogP) is 5.36. The number of carbonyl (C=O) groups is 1. The minimum atomic E-state index is -0.740. The predicted molar refractivity (Wildman–Crippen MR) is 122 cm³/mol. The molecule has 1 aliphatic heterocycles. The molecular formula is C24H25F2N3O3S. The van der Waals surface area contributed by atoms with E-state index in [4.69, 9.17) is 4.74 Å². The lowest BCUT2D eigenvalue weighted by Gasteiger charge is -2.41. The van der Waals surface area contributed by atoms with Crippen molar-refractivity contribution in [3.63, 3.8) is 0 Å². The van der Waals surface area contributed by atoms with E-state index in [2.05, 4.69) is 15.3 Å². The number of aliphatic hydroxyl groups excluding tert-OH is 1. The number of halogens is 2. The molecule has 1 aliphatic rings. The van der Waals surface area contributed by atoms with E-state index < -0.39 is 23.6 Å². The van der Waals surface area contributed by atoms with Gasteiger partial charge in [0, 0.05) is 17.1 Å². The number of ether oxygens (including phenoxy) is 1. The van der Waals surface area contributed by atoms with Crippen molar-refractivity contribution in [1.82, 2.24) is 9.97 Å². The molecule has 0 bridgehead atoms. The minimum absolute atomic E-state index is 0.0417. The highest BCUT2D eigenvalue weighted by atomic mass is 32.1. The van der Waals surface area contributed by atoms with Gasteiger partial charge in [-0.2, -0.15) is 0 Å². The Morgan fingerprint density at radius 1 is 1.21 bits per heavy atom. The van der Waals surface area contributed by atoms with Crippen LogP contribution >= 0.6 is 11.3 Å². The van der Waals surface area contributed by atoms with Crippen molar-refractivity contribution in [2.45, 2.75) is 51.9 Å². The SMILES string of the molecule is CC(C)(C)[C@H]1O[C@@H](c2ccncc2NC(=O)c2csc(-c3c(F)cccc3F)n2)CC[C@@H]1O. The lowest BCUT2D eigenvalue weighted by atomic mass is 9.81. The maximum absolute atomic E-state index is 14.1. The van der Waals surface area contributed by atoms with E-state index in [1.54, 1.807) is 12.3 Å². The molecule has 0 radical (unpaired) electrons. The highest BCUT2D eigenvalue weighted by Crippen LogP contribution is 2.40. The maximum atomic E-state index is 14.1. The zero-order chi connectivity index (χ0) is 23.8. The van der Waals surface area contributed by atoms with E-state index >= 15 is 0 Å². The average Bonchev–Trinajstić information content (AvgIpc) is 3.23. The van der Waals surface area contributed by atoms with E-state index in [0.29, 0.717) is 18.5 Å². The van der Waals surface area contributed by atoms with Crippen LogP contribution in [0, 0.1) is 17.0 Å². The van der Waals surface area contributed by atoms with Gasteiger partial charge >= 0.3 is 0 Å². The molecule has 174 valence electrons. The lowest BCUT2D eigenvalue weighted by molar-refractivity contribution is -0.160. The second-order valence-corrected chi connectivity index (χ2v) is 9.97. The van der Waals surface area contributed by atoms with Crippen LogP contribution in [-0.2, 0) is 4.74 Å². The number of rotatable bonds is 4. The summed E-state index contributed by atoms with van der Waals surface area (Å²) in [5.74, 6) is -2.00. The summed E-state index contributed by atoms with van der Waals surface area (Å²) in [6, 6.07) is 5.34. The number of aromatic nitrogens is 2. The first-order valence-electron chi connectivity index (χ1n) is 10.6. The molecule has 3 atom stereocenters. The van der Waals surface area contributed by atoms with Crippen molar-refractivity contribution < 1.29 is 23.4 Å². The van der Waals surface area contributed by atoms with Gasteiger partial charge in [-0.15, -0.1) is 11.3 Å². The number of hydrogen-bond donors (Lipinski definition) is 2. The van der Waals surface area contributed by atoms with Gasteiger partial charge in [-0.25, -0.2) is 13.8 Å². The Kier molecular flexibility index (Phi) is 6.56. The first-order valence-corrected chi connectivity index (χ1v) is 11.5. The summed E-state index contributed by atoms with van der Waals surface area (Å²) < 4.78 is 34.4. The summed E-state index contributed by atoms with van der Waals surface area (Å²) in [4.78, 5) is 21.1. The van der Waals surface area contributed by atoms with E-state index in [9.17, 15) is 18.7 Å². The average molecular weight is 474 g/mol. The number of benzene rings is 1. The molecule has 2 N–H and O–H groups in total. The molecule has 1 aromatic carbocycles. The van der Waals surface area contributed by atoms with E-state index in [1.807, 2.05) is 20.8 Å². The molecule has 0 spiro atoms. The molecule has 3 aromatic rings. The number of nitrogens with zero attached hydrogens (tertiary/aromatic N) is 2. The topological polar surface area (TPSA) is 84.3 Å². The van der Waals surface area contributed by atoms with Gasteiger partial charge in [0.1, 0.15) is 22.3 Å². The van der Waals surface area contributed by atoms with Crippen LogP contribution in [-0.4, -0.2) is 33.2 Å². The summed E-state index contributed by atoms with van der Waals surface area (Å²) in [5, 5.41) is 14.7. The van der Waals surface area contributed by atoms with Gasteiger partial charge in [0.25, 0.3) is 5.91 Å². The smallest absolute Gasteiger partial charge is 0.275 e. The fraction of sp³-hybridized carbons (Fsp3) is 0.375. The Labute approximate surface area is 194 Å². The van der Waals surface area contributed by atoms with E-state index in [1.165, 1.54) is 17.6 Å². The monoisotopic (exact) mass is 473 g/mol. The third-order valence-corrected chi connectivity index (χ3v) is 6.46. The van der Waals surface area contributed by atoms with Crippen LogP contribution in [0.1, 0.15) is 55.8 Å². The first-order chi connectivity index (χ1) is 15.6. The fourth-order valence-electron chi connectivity index (χ4n) is 3.99. The Hall–Kier alpha value is -2.75. The number of nitrogens with one attached hydrogen (secondary N) is 1. The Balaban J connectivity index is 1.56. The zero-order valence-corrected chi connectivity index (χ0v) is 19.3. The Bertz CT molecular complexity index is 1140. The van der Waals surface area contributed by atoms with Crippen molar-refractivity contribution in [3.8, 4) is 10.6 Å². The molecule has 1 amide bonds. The third-order valence-electron chi connectivity index (χ3n) is 5.60. The summed E-state index contributed by atoms with van der Waals surface area (Å²) in [6.07, 6.45) is 3.07. The van der Waals surface area contributed by atoms with Crippen LogP contribution in [0.15, 0.2) is 42.0 Å². The van der Waals surface area contributed by atoms with Gasteiger partial charge in [0.15, 0.2) is 0 Å². The number of thiazole rings is 1. The molecule has 4 rings (SSSR count). The number of amides is 1. The molecular weight excluding hydrogens is 448 g/mol. The molecule has 9 heteroatoms. The standard InChI is InChI=1S/C24H25F2N3O3S/c1-24(2,3)21-18(30)7-8-19(32-21)13-9-10-27-11-16(13)28-22(31)17-12-33-23(29-17)20-14(25)5-4-6-15(20)26/h4-6,9-12,18-19,21,30H,7-8H2,1-3H3,(H,28,31)/t18-,19+,21-/m0/s1. The molecule has 6 nitrogen and oxygen atoms in total. The van der Waals surface area contributed by atoms with Crippen LogP contribution in [0.25, 0.3) is 10.6 Å². The van der Waals surface area contributed by atoms with Crippen molar-refractivity contribution in [1.29, 1.82) is 0 Å². The summed E-state index contributed by atoms with van der Waals surface area (Å²) in [6.45, 7) is 6.03. The molecule has 33 heavy (non-hydrogen) atoms.